The maximum Gasteiger partial charge on any atom is 0.332 e. The van der Waals surface area contributed by atoms with E-state index >= 15 is 0 Å². The van der Waals surface area contributed by atoms with Crippen LogP contribution in [0.3, 0.4) is 0 Å². The molecule has 1 aliphatic heterocycles. The van der Waals surface area contributed by atoms with Crippen molar-refractivity contribution in [3.63, 3.8) is 0 Å². The average Bonchev–Trinajstić information content (AvgIpc) is 3.29. The first-order valence-corrected chi connectivity index (χ1v) is 12.4. The zero-order chi connectivity index (χ0) is 23.9. The number of aliphatic carboxylic acids is 1. The summed E-state index contributed by atoms with van der Waals surface area (Å²) in [5, 5.41) is 9.67. The van der Waals surface area contributed by atoms with E-state index in [2.05, 4.69) is 18.0 Å². The molecule has 1 saturated carbocycles. The Morgan fingerprint density at radius 2 is 1.79 bits per heavy atom. The maximum atomic E-state index is 12.8. The van der Waals surface area contributed by atoms with Crippen LogP contribution in [0.1, 0.15) is 55.8 Å². The highest BCUT2D eigenvalue weighted by molar-refractivity contribution is 5.98. The van der Waals surface area contributed by atoms with Gasteiger partial charge in [-0.05, 0) is 66.5 Å². The fourth-order valence-electron chi connectivity index (χ4n) is 5.02. The Kier molecular flexibility index (Phi) is 7.99. The van der Waals surface area contributed by atoms with Crippen LogP contribution in [0.25, 0.3) is 6.08 Å². The molecule has 180 valence electrons. The Bertz CT molecular complexity index is 1000. The van der Waals surface area contributed by atoms with Crippen LogP contribution in [0.15, 0.2) is 48.2 Å². The van der Waals surface area contributed by atoms with Crippen LogP contribution in [-0.4, -0.2) is 46.6 Å². The molecule has 0 unspecified atom stereocenters. The van der Waals surface area contributed by atoms with E-state index < -0.39 is 5.97 Å². The van der Waals surface area contributed by atoms with Crippen molar-refractivity contribution in [3.8, 4) is 5.75 Å². The molecule has 4 rings (SSSR count). The van der Waals surface area contributed by atoms with Crippen molar-refractivity contribution >= 4 is 18.0 Å². The smallest absolute Gasteiger partial charge is 0.332 e. The summed E-state index contributed by atoms with van der Waals surface area (Å²) in [6, 6.07) is 11.4. The van der Waals surface area contributed by atoms with Gasteiger partial charge in [-0.3, -0.25) is 9.78 Å². The lowest BCUT2D eigenvalue weighted by atomic mass is 9.82. The highest BCUT2D eigenvalue weighted by Gasteiger charge is 2.36. The van der Waals surface area contributed by atoms with Gasteiger partial charge in [-0.15, -0.1) is 0 Å². The molecule has 2 aromatic rings. The topological polar surface area (TPSA) is 79.7 Å². The summed E-state index contributed by atoms with van der Waals surface area (Å²) in [6.07, 6.45) is 9.97. The van der Waals surface area contributed by atoms with Crippen molar-refractivity contribution in [2.75, 3.05) is 19.7 Å². The number of fused-ring (bicyclic) bond motifs is 1. The third kappa shape index (κ3) is 6.25. The third-order valence-electron chi connectivity index (χ3n) is 7.09. The summed E-state index contributed by atoms with van der Waals surface area (Å²) in [5.74, 6) is 0.772. The van der Waals surface area contributed by atoms with Crippen molar-refractivity contribution in [1.82, 2.24) is 9.88 Å². The predicted octanol–water partition coefficient (Wildman–Crippen LogP) is 4.77. The van der Waals surface area contributed by atoms with E-state index in [0.717, 1.165) is 42.9 Å². The lowest BCUT2D eigenvalue weighted by Gasteiger charge is -2.22. The molecule has 2 heterocycles. The molecule has 1 aromatic carbocycles. The molecule has 0 radical (unpaired) electrons. The number of carbonyl (C=O) groups excluding carboxylic acids is 1. The van der Waals surface area contributed by atoms with Gasteiger partial charge in [0.05, 0.1) is 13.0 Å². The number of carboxylic acid groups (broad SMARTS) is 1. The Labute approximate surface area is 201 Å². The normalized spacial score (nSPS) is 20.1. The number of rotatable bonds is 9. The van der Waals surface area contributed by atoms with Gasteiger partial charge in [0.2, 0.25) is 5.91 Å². The van der Waals surface area contributed by atoms with Crippen LogP contribution < -0.4 is 4.74 Å². The van der Waals surface area contributed by atoms with E-state index in [9.17, 15) is 14.7 Å². The van der Waals surface area contributed by atoms with Gasteiger partial charge in [-0.2, -0.15) is 0 Å². The monoisotopic (exact) mass is 462 g/mol. The number of ether oxygens (including phenoxy) is 1. The van der Waals surface area contributed by atoms with E-state index in [-0.39, 0.29) is 17.9 Å². The summed E-state index contributed by atoms with van der Waals surface area (Å²) >= 11 is 0. The maximum absolute atomic E-state index is 12.8. The van der Waals surface area contributed by atoms with Crippen molar-refractivity contribution in [2.24, 2.45) is 11.8 Å². The lowest BCUT2D eigenvalue weighted by Crippen LogP contribution is -2.29. The van der Waals surface area contributed by atoms with Gasteiger partial charge in [0.1, 0.15) is 5.75 Å². The molecule has 1 N–H and O–H groups in total. The molecule has 6 heteroatoms. The van der Waals surface area contributed by atoms with E-state index in [1.54, 1.807) is 6.08 Å². The first-order chi connectivity index (χ1) is 16.5. The summed E-state index contributed by atoms with van der Waals surface area (Å²) in [6.45, 7) is 4.18. The molecule has 1 saturated heterocycles. The van der Waals surface area contributed by atoms with Crippen LogP contribution >= 0.6 is 0 Å². The molecule has 2 fully saturated rings. The fraction of sp³-hybridized carbons (Fsp3) is 0.464. The van der Waals surface area contributed by atoms with E-state index in [1.165, 1.54) is 31.2 Å². The Hall–Kier alpha value is -3.15. The van der Waals surface area contributed by atoms with Crippen LogP contribution in [-0.2, 0) is 22.4 Å². The number of aryl methyl sites for hydroxylation is 1. The number of aromatic nitrogens is 1. The van der Waals surface area contributed by atoms with Crippen molar-refractivity contribution < 1.29 is 19.4 Å². The van der Waals surface area contributed by atoms with Crippen LogP contribution in [0.2, 0.25) is 0 Å². The Balaban J connectivity index is 1.30. The minimum Gasteiger partial charge on any atom is -0.493 e. The molecule has 1 amide bonds. The number of carbonyl (C=O) groups is 2. The fourth-order valence-corrected chi connectivity index (χ4v) is 5.02. The zero-order valence-electron chi connectivity index (χ0n) is 19.9. The zero-order valence-corrected chi connectivity index (χ0v) is 19.9. The van der Waals surface area contributed by atoms with Gasteiger partial charge in [0, 0.05) is 37.0 Å². The second-order valence-corrected chi connectivity index (χ2v) is 9.43. The van der Waals surface area contributed by atoms with Crippen molar-refractivity contribution in [2.45, 2.75) is 51.9 Å². The molecule has 2 aliphatic rings. The minimum absolute atomic E-state index is 0.0726. The molecular weight excluding hydrogens is 428 g/mol. The number of benzene rings is 1. The van der Waals surface area contributed by atoms with Gasteiger partial charge in [0.25, 0.3) is 0 Å². The third-order valence-corrected chi connectivity index (χ3v) is 7.09. The van der Waals surface area contributed by atoms with Crippen molar-refractivity contribution in [1.29, 1.82) is 0 Å². The minimum atomic E-state index is -1.05. The first kappa shape index (κ1) is 24.0. The standard InChI is InChI=1S/C28H34N2O4/c1-2-20-7-10-25(29-17-20)13-14-34-26-11-8-21(9-12-26)15-24(28(32)33)16-27(31)30-18-22-5-3-4-6-23(22)19-30/h7-12,15,17,22-23H,2-6,13-14,16,18-19H2,1H3,(H,32,33)/b24-15+/t22-,23+. The van der Waals surface area contributed by atoms with Crippen LogP contribution in [0.5, 0.6) is 5.75 Å². The summed E-state index contributed by atoms with van der Waals surface area (Å²) in [7, 11) is 0. The quantitative estimate of drug-likeness (QED) is 0.543. The van der Waals surface area contributed by atoms with Gasteiger partial charge in [0.15, 0.2) is 0 Å². The molecule has 2 atom stereocenters. The van der Waals surface area contributed by atoms with Gasteiger partial charge in [-0.25, -0.2) is 4.79 Å². The van der Waals surface area contributed by atoms with Crippen molar-refractivity contribution in [3.05, 3.63) is 65.0 Å². The van der Waals surface area contributed by atoms with Gasteiger partial charge in [-0.1, -0.05) is 38.0 Å². The number of pyridine rings is 1. The molecular formula is C28H34N2O4. The largest absolute Gasteiger partial charge is 0.493 e. The number of nitrogens with zero attached hydrogens (tertiary/aromatic N) is 2. The lowest BCUT2D eigenvalue weighted by molar-refractivity contribution is -0.136. The number of hydrogen-bond donors (Lipinski definition) is 1. The number of carboxylic acids is 1. The number of amides is 1. The molecule has 6 nitrogen and oxygen atoms in total. The molecule has 1 aromatic heterocycles. The predicted molar refractivity (Wildman–Crippen MR) is 132 cm³/mol. The van der Waals surface area contributed by atoms with E-state index in [1.807, 2.05) is 41.4 Å². The van der Waals surface area contributed by atoms with E-state index in [0.29, 0.717) is 18.4 Å². The first-order valence-electron chi connectivity index (χ1n) is 12.4. The van der Waals surface area contributed by atoms with Gasteiger partial charge < -0.3 is 14.7 Å². The van der Waals surface area contributed by atoms with Crippen LogP contribution in [0, 0.1) is 11.8 Å². The Morgan fingerprint density at radius 1 is 1.09 bits per heavy atom. The SMILES string of the molecule is CCc1ccc(CCOc2ccc(/C=C(\CC(=O)N3C[C@H]4CCCC[C@H]4C3)C(=O)O)cc2)nc1. The Morgan fingerprint density at radius 3 is 2.38 bits per heavy atom. The summed E-state index contributed by atoms with van der Waals surface area (Å²) in [5.41, 5.74) is 3.07. The molecule has 0 bridgehead atoms. The average molecular weight is 463 g/mol. The number of likely N-dealkylation sites (tertiary alicyclic amines) is 1. The van der Waals surface area contributed by atoms with E-state index in [4.69, 9.17) is 4.74 Å². The van der Waals surface area contributed by atoms with Gasteiger partial charge >= 0.3 is 5.97 Å². The highest BCUT2D eigenvalue weighted by Crippen LogP contribution is 2.36. The highest BCUT2D eigenvalue weighted by atomic mass is 16.5. The molecule has 34 heavy (non-hydrogen) atoms. The van der Waals surface area contributed by atoms with Crippen LogP contribution in [0.4, 0.5) is 0 Å². The molecule has 1 aliphatic carbocycles. The number of hydrogen-bond acceptors (Lipinski definition) is 4. The summed E-state index contributed by atoms with van der Waals surface area (Å²) in [4.78, 5) is 31.0. The second-order valence-electron chi connectivity index (χ2n) is 9.43. The summed E-state index contributed by atoms with van der Waals surface area (Å²) < 4.78 is 5.81. The second kappa shape index (κ2) is 11.3. The molecule has 0 spiro atoms.